The molecule has 5 rings (SSSR count). The maximum absolute atomic E-state index is 11.8. The molecule has 8 heteroatoms. The van der Waals surface area contributed by atoms with Crippen LogP contribution < -0.4 is 10.5 Å². The van der Waals surface area contributed by atoms with Gasteiger partial charge in [0.2, 0.25) is 5.89 Å². The van der Waals surface area contributed by atoms with Crippen LogP contribution in [0.3, 0.4) is 0 Å². The maximum Gasteiger partial charge on any atom is 0.251 e. The third-order valence-electron chi connectivity index (χ3n) is 5.75. The molecule has 4 heterocycles. The van der Waals surface area contributed by atoms with Crippen molar-refractivity contribution in [3.63, 3.8) is 0 Å². The van der Waals surface area contributed by atoms with Gasteiger partial charge in [0.1, 0.15) is 11.6 Å². The fraction of sp³-hybridized carbons (Fsp3) is 0.476. The molecule has 150 valence electrons. The molecule has 29 heavy (non-hydrogen) atoms. The maximum atomic E-state index is 11.8. The van der Waals surface area contributed by atoms with Crippen molar-refractivity contribution < 1.29 is 4.52 Å². The van der Waals surface area contributed by atoms with Gasteiger partial charge < -0.3 is 14.4 Å². The number of pyridine rings is 1. The Hall–Kier alpha value is -3.03. The van der Waals surface area contributed by atoms with Gasteiger partial charge in [0.05, 0.1) is 0 Å². The number of hydrogen-bond donors (Lipinski definition) is 1. The minimum Gasteiger partial charge on any atom is -0.357 e. The number of rotatable bonds is 5. The van der Waals surface area contributed by atoms with E-state index in [1.807, 2.05) is 19.1 Å². The molecule has 1 aliphatic heterocycles. The standard InChI is InChI=1S/C21H24N6O2/c1-2-16-11-18(28)24-19(23-16)15-5-6-17(22-12-15)27-9-7-13(8-10-27)20-25-21(29-26-20)14-3-4-14/h5-6,11-14H,2-4,7-10H2,1H3,(H,23,24,28). The molecular formula is C21H24N6O2. The van der Waals surface area contributed by atoms with Crippen LogP contribution >= 0.6 is 0 Å². The first-order chi connectivity index (χ1) is 14.2. The molecule has 0 bridgehead atoms. The van der Waals surface area contributed by atoms with E-state index in [1.54, 1.807) is 6.20 Å². The molecule has 0 spiro atoms. The van der Waals surface area contributed by atoms with Gasteiger partial charge in [-0.2, -0.15) is 4.98 Å². The number of anilines is 1. The predicted molar refractivity (Wildman–Crippen MR) is 108 cm³/mol. The lowest BCUT2D eigenvalue weighted by molar-refractivity contribution is 0.364. The Morgan fingerprint density at radius 2 is 1.97 bits per heavy atom. The second-order valence-corrected chi connectivity index (χ2v) is 7.87. The number of hydrogen-bond acceptors (Lipinski definition) is 7. The number of aryl methyl sites for hydroxylation is 1. The quantitative estimate of drug-likeness (QED) is 0.712. The van der Waals surface area contributed by atoms with Crippen molar-refractivity contribution >= 4 is 5.82 Å². The normalized spacial score (nSPS) is 17.6. The highest BCUT2D eigenvalue weighted by Crippen LogP contribution is 2.40. The lowest BCUT2D eigenvalue weighted by atomic mass is 9.96. The Labute approximate surface area is 168 Å². The van der Waals surface area contributed by atoms with E-state index in [1.165, 1.54) is 18.9 Å². The molecule has 0 amide bonds. The Balaban J connectivity index is 1.25. The first kappa shape index (κ1) is 18.0. The third kappa shape index (κ3) is 3.79. The van der Waals surface area contributed by atoms with Crippen molar-refractivity contribution in [2.75, 3.05) is 18.0 Å². The summed E-state index contributed by atoms with van der Waals surface area (Å²) in [7, 11) is 0. The summed E-state index contributed by atoms with van der Waals surface area (Å²) >= 11 is 0. The number of nitrogens with zero attached hydrogens (tertiary/aromatic N) is 5. The molecule has 2 fully saturated rings. The Morgan fingerprint density at radius 1 is 1.14 bits per heavy atom. The Kier molecular flexibility index (Phi) is 4.61. The van der Waals surface area contributed by atoms with Crippen LogP contribution in [0.4, 0.5) is 5.82 Å². The van der Waals surface area contributed by atoms with Crippen molar-refractivity contribution in [3.8, 4) is 11.4 Å². The molecule has 0 aromatic carbocycles. The van der Waals surface area contributed by atoms with Crippen molar-refractivity contribution in [1.29, 1.82) is 0 Å². The zero-order chi connectivity index (χ0) is 19.8. The zero-order valence-corrected chi connectivity index (χ0v) is 16.5. The molecule has 3 aromatic rings. The lowest BCUT2D eigenvalue weighted by Crippen LogP contribution is -2.33. The fourth-order valence-corrected chi connectivity index (χ4v) is 3.81. The highest BCUT2D eigenvalue weighted by Gasteiger charge is 2.32. The van der Waals surface area contributed by atoms with Crippen LogP contribution in [0, 0.1) is 0 Å². The van der Waals surface area contributed by atoms with Gasteiger partial charge in [-0.15, -0.1) is 0 Å². The highest BCUT2D eigenvalue weighted by atomic mass is 16.5. The topological polar surface area (TPSA) is 101 Å². The summed E-state index contributed by atoms with van der Waals surface area (Å²) in [5, 5.41) is 4.21. The minimum atomic E-state index is -0.135. The molecule has 1 saturated heterocycles. The zero-order valence-electron chi connectivity index (χ0n) is 16.5. The van der Waals surface area contributed by atoms with Crippen LogP contribution in [-0.2, 0) is 6.42 Å². The summed E-state index contributed by atoms with van der Waals surface area (Å²) in [4.78, 5) is 30.6. The summed E-state index contributed by atoms with van der Waals surface area (Å²) in [6, 6.07) is 5.49. The van der Waals surface area contributed by atoms with Crippen LogP contribution in [0.5, 0.6) is 0 Å². The van der Waals surface area contributed by atoms with E-state index in [9.17, 15) is 4.79 Å². The van der Waals surface area contributed by atoms with Crippen LogP contribution in [0.15, 0.2) is 33.7 Å². The van der Waals surface area contributed by atoms with Crippen LogP contribution in [-0.4, -0.2) is 38.2 Å². The number of nitrogens with one attached hydrogen (secondary N) is 1. The average Bonchev–Trinajstić information content (AvgIpc) is 3.50. The largest absolute Gasteiger partial charge is 0.357 e. The molecule has 3 aromatic heterocycles. The van der Waals surface area contributed by atoms with Gasteiger partial charge in [-0.3, -0.25) is 4.79 Å². The minimum absolute atomic E-state index is 0.135. The second-order valence-electron chi connectivity index (χ2n) is 7.87. The SMILES string of the molecule is CCc1cc(=O)[nH]c(-c2ccc(N3CCC(c4noc(C5CC5)n4)CC3)nc2)n1. The molecule has 1 aliphatic carbocycles. The number of H-pyrrole nitrogens is 1. The van der Waals surface area contributed by atoms with E-state index >= 15 is 0 Å². The van der Waals surface area contributed by atoms with E-state index in [2.05, 4.69) is 30.0 Å². The summed E-state index contributed by atoms with van der Waals surface area (Å²) in [5.74, 6) is 4.04. The van der Waals surface area contributed by atoms with E-state index < -0.39 is 0 Å². The molecule has 8 nitrogen and oxygen atoms in total. The van der Waals surface area contributed by atoms with Crippen molar-refractivity contribution in [2.45, 2.75) is 50.9 Å². The third-order valence-corrected chi connectivity index (χ3v) is 5.75. The van der Waals surface area contributed by atoms with Crippen LogP contribution in [0.25, 0.3) is 11.4 Å². The second kappa shape index (κ2) is 7.42. The van der Waals surface area contributed by atoms with Gasteiger partial charge >= 0.3 is 0 Å². The molecule has 0 radical (unpaired) electrons. The Bertz CT molecular complexity index is 1050. The van der Waals surface area contributed by atoms with E-state index in [0.717, 1.165) is 61.1 Å². The number of piperidine rings is 1. The van der Waals surface area contributed by atoms with Crippen molar-refractivity contribution in [1.82, 2.24) is 25.1 Å². The van der Waals surface area contributed by atoms with E-state index in [-0.39, 0.29) is 5.56 Å². The van der Waals surface area contributed by atoms with E-state index in [4.69, 9.17) is 4.52 Å². The van der Waals surface area contributed by atoms with Crippen molar-refractivity contribution in [2.24, 2.45) is 0 Å². The molecule has 1 N–H and O–H groups in total. The van der Waals surface area contributed by atoms with Gasteiger partial charge in [0, 0.05) is 48.4 Å². The summed E-state index contributed by atoms with van der Waals surface area (Å²) in [6.07, 6.45) is 6.82. The van der Waals surface area contributed by atoms with Gasteiger partial charge in [0.15, 0.2) is 5.82 Å². The van der Waals surface area contributed by atoms with E-state index in [0.29, 0.717) is 17.7 Å². The summed E-state index contributed by atoms with van der Waals surface area (Å²) < 4.78 is 5.42. The fourth-order valence-electron chi connectivity index (χ4n) is 3.81. The predicted octanol–water partition coefficient (Wildman–Crippen LogP) is 3.04. The van der Waals surface area contributed by atoms with Crippen molar-refractivity contribution in [3.05, 3.63) is 52.2 Å². The first-order valence-corrected chi connectivity index (χ1v) is 10.3. The lowest BCUT2D eigenvalue weighted by Gasteiger charge is -2.31. The van der Waals surface area contributed by atoms with Crippen LogP contribution in [0.2, 0.25) is 0 Å². The molecule has 2 aliphatic rings. The molecule has 0 unspecified atom stereocenters. The van der Waals surface area contributed by atoms with Crippen LogP contribution in [0.1, 0.15) is 61.9 Å². The molecule has 0 atom stereocenters. The molecule has 1 saturated carbocycles. The Morgan fingerprint density at radius 3 is 2.66 bits per heavy atom. The number of aromatic nitrogens is 5. The smallest absolute Gasteiger partial charge is 0.251 e. The number of aromatic amines is 1. The average molecular weight is 392 g/mol. The van der Waals surface area contributed by atoms with Gasteiger partial charge in [0.25, 0.3) is 5.56 Å². The summed E-state index contributed by atoms with van der Waals surface area (Å²) in [6.45, 7) is 3.80. The van der Waals surface area contributed by atoms with Gasteiger partial charge in [-0.1, -0.05) is 12.1 Å². The monoisotopic (exact) mass is 392 g/mol. The van der Waals surface area contributed by atoms with Gasteiger partial charge in [-0.25, -0.2) is 9.97 Å². The van der Waals surface area contributed by atoms with Gasteiger partial charge in [-0.05, 0) is 44.2 Å². The highest BCUT2D eigenvalue weighted by molar-refractivity contribution is 5.56. The summed E-state index contributed by atoms with van der Waals surface area (Å²) in [5.41, 5.74) is 1.46. The molecular weight excluding hydrogens is 368 g/mol. The first-order valence-electron chi connectivity index (χ1n) is 10.3.